The first kappa shape index (κ1) is 15.8. The summed E-state index contributed by atoms with van der Waals surface area (Å²) in [6.07, 6.45) is 4.19. The van der Waals surface area contributed by atoms with Crippen LogP contribution in [0.1, 0.15) is 30.1 Å². The first-order chi connectivity index (χ1) is 11.2. The van der Waals surface area contributed by atoms with Crippen LogP contribution >= 0.6 is 11.8 Å². The van der Waals surface area contributed by atoms with Crippen LogP contribution in [0.3, 0.4) is 0 Å². The van der Waals surface area contributed by atoms with Gasteiger partial charge in [0.05, 0.1) is 5.75 Å². The Morgan fingerprint density at radius 3 is 3.00 bits per heavy atom. The van der Waals surface area contributed by atoms with Crippen molar-refractivity contribution in [1.29, 1.82) is 0 Å². The lowest BCUT2D eigenvalue weighted by Crippen LogP contribution is -2.14. The number of rotatable bonds is 7. The second-order valence-electron chi connectivity index (χ2n) is 5.72. The van der Waals surface area contributed by atoms with E-state index in [2.05, 4.69) is 26.7 Å². The fourth-order valence-electron chi connectivity index (χ4n) is 2.40. The number of anilines is 1. The Labute approximate surface area is 140 Å². The van der Waals surface area contributed by atoms with Crippen molar-refractivity contribution in [3.05, 3.63) is 48.3 Å². The molecule has 3 rings (SSSR count). The molecule has 5 nitrogen and oxygen atoms in total. The number of carbonyl (C=O) groups is 1. The Hall–Kier alpha value is -2.08. The first-order valence-electron chi connectivity index (χ1n) is 7.70. The molecule has 1 N–H and O–H groups in total. The van der Waals surface area contributed by atoms with Gasteiger partial charge in [0.25, 0.3) is 0 Å². The van der Waals surface area contributed by atoms with Crippen LogP contribution in [0.4, 0.5) is 5.69 Å². The molecule has 0 bridgehead atoms. The first-order valence-corrected chi connectivity index (χ1v) is 8.69. The normalized spacial score (nSPS) is 13.8. The molecule has 0 spiro atoms. The largest absolute Gasteiger partial charge is 0.325 e. The number of carbonyl (C=O) groups excluding carboxylic acids is 1. The molecule has 120 valence electrons. The third-order valence-electron chi connectivity index (χ3n) is 3.63. The third-order valence-corrected chi connectivity index (χ3v) is 4.60. The highest BCUT2D eigenvalue weighted by molar-refractivity contribution is 7.99. The topological polar surface area (TPSA) is 59.8 Å². The minimum Gasteiger partial charge on any atom is -0.325 e. The second kappa shape index (κ2) is 7.00. The van der Waals surface area contributed by atoms with Gasteiger partial charge in [0.2, 0.25) is 5.91 Å². The SMILES string of the molecule is C=CCn1c(SCC(=O)Nc2cccc(C)c2)nnc1C1CC1. The van der Waals surface area contributed by atoms with E-state index in [1.54, 1.807) is 0 Å². The molecule has 1 aromatic carbocycles. The van der Waals surface area contributed by atoms with Gasteiger partial charge in [0, 0.05) is 18.2 Å². The molecule has 1 amide bonds. The molecule has 0 aliphatic heterocycles. The van der Waals surface area contributed by atoms with Crippen molar-refractivity contribution in [2.75, 3.05) is 11.1 Å². The maximum Gasteiger partial charge on any atom is 0.234 e. The lowest BCUT2D eigenvalue weighted by molar-refractivity contribution is -0.113. The van der Waals surface area contributed by atoms with Crippen LogP contribution < -0.4 is 5.32 Å². The van der Waals surface area contributed by atoms with E-state index in [9.17, 15) is 4.79 Å². The number of aryl methyl sites for hydroxylation is 1. The lowest BCUT2D eigenvalue weighted by atomic mass is 10.2. The van der Waals surface area contributed by atoms with Crippen LogP contribution in [0, 0.1) is 6.92 Å². The summed E-state index contributed by atoms with van der Waals surface area (Å²) in [5.74, 6) is 1.82. The van der Waals surface area contributed by atoms with E-state index in [1.807, 2.05) is 37.3 Å². The molecule has 1 aliphatic rings. The number of aromatic nitrogens is 3. The Bertz CT molecular complexity index is 721. The van der Waals surface area contributed by atoms with Gasteiger partial charge in [-0.3, -0.25) is 4.79 Å². The van der Waals surface area contributed by atoms with Crippen molar-refractivity contribution in [3.63, 3.8) is 0 Å². The summed E-state index contributed by atoms with van der Waals surface area (Å²) in [5, 5.41) is 12.2. The minimum absolute atomic E-state index is 0.0401. The molecule has 1 saturated carbocycles. The van der Waals surface area contributed by atoms with E-state index >= 15 is 0 Å². The fraction of sp³-hybridized carbons (Fsp3) is 0.353. The maximum atomic E-state index is 12.1. The Morgan fingerprint density at radius 1 is 1.48 bits per heavy atom. The number of hydrogen-bond acceptors (Lipinski definition) is 4. The van der Waals surface area contributed by atoms with Gasteiger partial charge in [-0.1, -0.05) is 30.0 Å². The minimum atomic E-state index is -0.0401. The Kier molecular flexibility index (Phi) is 4.81. The predicted octanol–water partition coefficient (Wildman–Crippen LogP) is 3.38. The zero-order valence-electron chi connectivity index (χ0n) is 13.2. The van der Waals surface area contributed by atoms with Crippen LogP contribution in [-0.2, 0) is 11.3 Å². The van der Waals surface area contributed by atoms with Gasteiger partial charge in [-0.15, -0.1) is 16.8 Å². The maximum absolute atomic E-state index is 12.1. The Balaban J connectivity index is 1.61. The quantitative estimate of drug-likeness (QED) is 0.625. The highest BCUT2D eigenvalue weighted by atomic mass is 32.2. The molecule has 0 saturated heterocycles. The molecule has 6 heteroatoms. The molecule has 0 radical (unpaired) electrons. The zero-order chi connectivity index (χ0) is 16.2. The van der Waals surface area contributed by atoms with Gasteiger partial charge in [-0.05, 0) is 37.5 Å². The van der Waals surface area contributed by atoms with Gasteiger partial charge in [0.15, 0.2) is 5.16 Å². The van der Waals surface area contributed by atoms with Crippen molar-refractivity contribution in [2.45, 2.75) is 37.4 Å². The molecule has 1 aromatic heterocycles. The number of allylic oxidation sites excluding steroid dienone is 1. The molecule has 0 unspecified atom stereocenters. The molecule has 23 heavy (non-hydrogen) atoms. The van der Waals surface area contributed by atoms with Gasteiger partial charge in [0.1, 0.15) is 5.82 Å². The summed E-state index contributed by atoms with van der Waals surface area (Å²) in [7, 11) is 0. The zero-order valence-corrected chi connectivity index (χ0v) is 14.0. The van der Waals surface area contributed by atoms with Crippen LogP contribution in [0.15, 0.2) is 42.1 Å². The predicted molar refractivity (Wildman–Crippen MR) is 92.7 cm³/mol. The molecule has 2 aromatic rings. The van der Waals surface area contributed by atoms with E-state index in [1.165, 1.54) is 24.6 Å². The van der Waals surface area contributed by atoms with Crippen LogP contribution in [0.25, 0.3) is 0 Å². The number of amides is 1. The number of hydrogen-bond donors (Lipinski definition) is 1. The summed E-state index contributed by atoms with van der Waals surface area (Å²) in [6.45, 7) is 6.47. The number of nitrogens with zero attached hydrogens (tertiary/aromatic N) is 3. The van der Waals surface area contributed by atoms with Gasteiger partial charge in [-0.25, -0.2) is 0 Å². The summed E-state index contributed by atoms with van der Waals surface area (Å²) in [5.41, 5.74) is 1.94. The van der Waals surface area contributed by atoms with E-state index in [4.69, 9.17) is 0 Å². The van der Waals surface area contributed by atoms with Crippen molar-refractivity contribution < 1.29 is 4.79 Å². The average molecular weight is 328 g/mol. The Morgan fingerprint density at radius 2 is 2.30 bits per heavy atom. The van der Waals surface area contributed by atoms with E-state index < -0.39 is 0 Å². The smallest absolute Gasteiger partial charge is 0.234 e. The summed E-state index contributed by atoms with van der Waals surface area (Å²) >= 11 is 1.41. The monoisotopic (exact) mass is 328 g/mol. The molecule has 0 atom stereocenters. The lowest BCUT2D eigenvalue weighted by Gasteiger charge is -2.08. The molecule has 1 aliphatic carbocycles. The van der Waals surface area contributed by atoms with E-state index in [-0.39, 0.29) is 5.91 Å². The molecule has 1 heterocycles. The van der Waals surface area contributed by atoms with Crippen LogP contribution in [-0.4, -0.2) is 26.4 Å². The molecular weight excluding hydrogens is 308 g/mol. The van der Waals surface area contributed by atoms with E-state index in [0.29, 0.717) is 18.2 Å². The molecule has 1 fully saturated rings. The van der Waals surface area contributed by atoms with E-state index in [0.717, 1.165) is 22.2 Å². The van der Waals surface area contributed by atoms with Crippen molar-refractivity contribution in [3.8, 4) is 0 Å². The fourth-order valence-corrected chi connectivity index (χ4v) is 3.16. The van der Waals surface area contributed by atoms with Crippen LogP contribution in [0.2, 0.25) is 0 Å². The van der Waals surface area contributed by atoms with Gasteiger partial charge < -0.3 is 9.88 Å². The highest BCUT2D eigenvalue weighted by Gasteiger charge is 2.30. The highest BCUT2D eigenvalue weighted by Crippen LogP contribution is 2.40. The van der Waals surface area contributed by atoms with Gasteiger partial charge in [-0.2, -0.15) is 0 Å². The average Bonchev–Trinajstić information content (AvgIpc) is 3.28. The number of nitrogens with one attached hydrogen (secondary N) is 1. The van der Waals surface area contributed by atoms with Crippen molar-refractivity contribution in [1.82, 2.24) is 14.8 Å². The summed E-state index contributed by atoms with van der Waals surface area (Å²) in [4.78, 5) is 12.1. The summed E-state index contributed by atoms with van der Waals surface area (Å²) < 4.78 is 2.06. The van der Waals surface area contributed by atoms with Crippen molar-refractivity contribution in [2.24, 2.45) is 0 Å². The summed E-state index contributed by atoms with van der Waals surface area (Å²) in [6, 6.07) is 7.78. The third kappa shape index (κ3) is 4.01. The van der Waals surface area contributed by atoms with Crippen LogP contribution in [0.5, 0.6) is 0 Å². The second-order valence-corrected chi connectivity index (χ2v) is 6.66. The number of benzene rings is 1. The number of thioether (sulfide) groups is 1. The standard InChI is InChI=1S/C17H20N4OS/c1-3-9-21-16(13-7-8-13)19-20-17(21)23-11-15(22)18-14-6-4-5-12(2)10-14/h3-6,10,13H,1,7-9,11H2,2H3,(H,18,22). The molecular formula is C17H20N4OS. The van der Waals surface area contributed by atoms with Crippen molar-refractivity contribution >= 4 is 23.4 Å². The van der Waals surface area contributed by atoms with Gasteiger partial charge >= 0.3 is 0 Å².